The van der Waals surface area contributed by atoms with Gasteiger partial charge in [-0.25, -0.2) is 4.98 Å². The molecule has 0 bridgehead atoms. The van der Waals surface area contributed by atoms with E-state index >= 15 is 0 Å². The van der Waals surface area contributed by atoms with Crippen molar-refractivity contribution in [3.8, 4) is 10.6 Å². The average molecular weight is 483 g/mol. The SMILES string of the molecule is CC1Cc2c(sc(NC(=O)CCNC3CC4CNCC4C3)c2-c2nc3cnccc3s2)CN1. The summed E-state index contributed by atoms with van der Waals surface area (Å²) in [4.78, 5) is 23.3. The molecule has 1 amide bonds. The van der Waals surface area contributed by atoms with Crippen LogP contribution in [0.4, 0.5) is 5.00 Å². The highest BCUT2D eigenvalue weighted by atomic mass is 32.1. The van der Waals surface area contributed by atoms with Crippen molar-refractivity contribution >= 4 is 43.8 Å². The summed E-state index contributed by atoms with van der Waals surface area (Å²) in [6.45, 7) is 6.10. The summed E-state index contributed by atoms with van der Waals surface area (Å²) < 4.78 is 1.12. The lowest BCUT2D eigenvalue weighted by atomic mass is 9.99. The number of carbonyl (C=O) groups excluding carboxylic acids is 1. The third kappa shape index (κ3) is 4.33. The maximum absolute atomic E-state index is 12.9. The number of thiazole rings is 1. The zero-order valence-electron chi connectivity index (χ0n) is 18.8. The minimum absolute atomic E-state index is 0.0750. The van der Waals surface area contributed by atoms with Crippen LogP contribution in [-0.4, -0.2) is 47.6 Å². The second kappa shape index (κ2) is 9.03. The van der Waals surface area contributed by atoms with Gasteiger partial charge in [0, 0.05) is 48.2 Å². The topological polar surface area (TPSA) is 91.0 Å². The van der Waals surface area contributed by atoms with Crippen LogP contribution in [0.25, 0.3) is 20.8 Å². The van der Waals surface area contributed by atoms with E-state index in [4.69, 9.17) is 4.98 Å². The first kappa shape index (κ1) is 21.6. The molecule has 3 atom stereocenters. The fourth-order valence-corrected chi connectivity index (χ4v) is 7.90. The monoisotopic (exact) mass is 482 g/mol. The zero-order chi connectivity index (χ0) is 22.4. The number of rotatable bonds is 6. The molecule has 5 heterocycles. The molecule has 9 heteroatoms. The van der Waals surface area contributed by atoms with Gasteiger partial charge in [-0.2, -0.15) is 0 Å². The van der Waals surface area contributed by atoms with Crippen LogP contribution in [0.3, 0.4) is 0 Å². The summed E-state index contributed by atoms with van der Waals surface area (Å²) in [6, 6.07) is 2.98. The van der Waals surface area contributed by atoms with Crippen LogP contribution in [0, 0.1) is 11.8 Å². The molecule has 0 spiro atoms. The minimum atomic E-state index is 0.0750. The predicted octanol–water partition coefficient (Wildman–Crippen LogP) is 3.37. The number of pyridine rings is 1. The predicted molar refractivity (Wildman–Crippen MR) is 135 cm³/mol. The Bertz CT molecular complexity index is 1130. The van der Waals surface area contributed by atoms with E-state index in [1.807, 2.05) is 18.5 Å². The summed E-state index contributed by atoms with van der Waals surface area (Å²) >= 11 is 3.38. The van der Waals surface area contributed by atoms with Crippen LogP contribution in [0.15, 0.2) is 18.5 Å². The van der Waals surface area contributed by atoms with Crippen molar-refractivity contribution in [1.82, 2.24) is 25.9 Å². The molecular formula is C24H30N6OS2. The molecule has 0 radical (unpaired) electrons. The Kier molecular flexibility index (Phi) is 5.92. The molecular weight excluding hydrogens is 452 g/mol. The quantitative estimate of drug-likeness (QED) is 0.431. The van der Waals surface area contributed by atoms with Crippen LogP contribution in [-0.2, 0) is 17.8 Å². The summed E-state index contributed by atoms with van der Waals surface area (Å²) in [6.07, 6.45) is 7.53. The lowest BCUT2D eigenvalue weighted by Gasteiger charge is -2.20. The number of nitrogens with zero attached hydrogens (tertiary/aromatic N) is 2. The molecule has 0 aromatic carbocycles. The van der Waals surface area contributed by atoms with E-state index < -0.39 is 0 Å². The Hall–Kier alpha value is -1.91. The van der Waals surface area contributed by atoms with Gasteiger partial charge in [0.25, 0.3) is 0 Å². The van der Waals surface area contributed by atoms with Crippen molar-refractivity contribution in [2.45, 2.75) is 51.2 Å². The number of amides is 1. The van der Waals surface area contributed by atoms with Crippen LogP contribution in [0.2, 0.25) is 0 Å². The molecule has 2 aliphatic heterocycles. The maximum Gasteiger partial charge on any atom is 0.226 e. The number of nitrogens with one attached hydrogen (secondary N) is 4. The molecule has 3 aliphatic rings. The summed E-state index contributed by atoms with van der Waals surface area (Å²) in [7, 11) is 0. The normalized spacial score (nSPS) is 26.5. The molecule has 6 rings (SSSR count). The Morgan fingerprint density at radius 1 is 1.24 bits per heavy atom. The Balaban J connectivity index is 1.17. The molecule has 3 aromatic heterocycles. The number of anilines is 1. The molecule has 174 valence electrons. The number of fused-ring (bicyclic) bond motifs is 3. The van der Waals surface area contributed by atoms with Gasteiger partial charge >= 0.3 is 0 Å². The molecule has 33 heavy (non-hydrogen) atoms. The maximum atomic E-state index is 12.9. The van der Waals surface area contributed by atoms with Gasteiger partial charge in [0.2, 0.25) is 5.91 Å². The first-order valence-electron chi connectivity index (χ1n) is 12.0. The number of aromatic nitrogens is 2. The van der Waals surface area contributed by atoms with Crippen molar-refractivity contribution in [2.24, 2.45) is 11.8 Å². The first-order chi connectivity index (χ1) is 16.1. The van der Waals surface area contributed by atoms with Crippen LogP contribution >= 0.6 is 22.7 Å². The third-order valence-corrected chi connectivity index (χ3v) is 9.51. The fourth-order valence-electron chi connectivity index (χ4n) is 5.63. The Morgan fingerprint density at radius 2 is 2.09 bits per heavy atom. The van der Waals surface area contributed by atoms with Crippen molar-refractivity contribution in [1.29, 1.82) is 0 Å². The molecule has 1 saturated carbocycles. The van der Waals surface area contributed by atoms with Crippen LogP contribution < -0.4 is 21.3 Å². The molecule has 1 saturated heterocycles. The fraction of sp³-hybridized carbons (Fsp3) is 0.542. The van der Waals surface area contributed by atoms with Crippen LogP contribution in [0.1, 0.15) is 36.6 Å². The van der Waals surface area contributed by atoms with E-state index in [0.717, 1.165) is 70.2 Å². The minimum Gasteiger partial charge on any atom is -0.317 e. The molecule has 2 fully saturated rings. The molecule has 3 aromatic rings. The average Bonchev–Trinajstić information content (AvgIpc) is 3.54. The van der Waals surface area contributed by atoms with E-state index in [-0.39, 0.29) is 5.91 Å². The Labute approximate surface area is 201 Å². The van der Waals surface area contributed by atoms with E-state index in [9.17, 15) is 4.79 Å². The van der Waals surface area contributed by atoms with Gasteiger partial charge in [-0.1, -0.05) is 0 Å². The number of hydrogen-bond acceptors (Lipinski definition) is 8. The largest absolute Gasteiger partial charge is 0.317 e. The molecule has 7 nitrogen and oxygen atoms in total. The van der Waals surface area contributed by atoms with E-state index in [2.05, 4.69) is 33.2 Å². The first-order valence-corrected chi connectivity index (χ1v) is 13.6. The second-order valence-corrected chi connectivity index (χ2v) is 11.8. The van der Waals surface area contributed by atoms with Crippen molar-refractivity contribution in [3.63, 3.8) is 0 Å². The van der Waals surface area contributed by atoms with Crippen molar-refractivity contribution in [3.05, 3.63) is 28.9 Å². The van der Waals surface area contributed by atoms with E-state index in [1.165, 1.54) is 23.3 Å². The zero-order valence-corrected chi connectivity index (χ0v) is 20.5. The molecule has 1 aliphatic carbocycles. The Morgan fingerprint density at radius 3 is 2.91 bits per heavy atom. The van der Waals surface area contributed by atoms with E-state index in [1.54, 1.807) is 22.7 Å². The highest BCUT2D eigenvalue weighted by Gasteiger charge is 2.36. The van der Waals surface area contributed by atoms with Crippen molar-refractivity contribution < 1.29 is 4.79 Å². The van der Waals surface area contributed by atoms with Crippen molar-refractivity contribution in [2.75, 3.05) is 25.0 Å². The second-order valence-electron chi connectivity index (χ2n) is 9.66. The number of carbonyl (C=O) groups is 1. The van der Waals surface area contributed by atoms with Gasteiger partial charge in [0.15, 0.2) is 0 Å². The summed E-state index contributed by atoms with van der Waals surface area (Å²) in [5.74, 6) is 1.71. The van der Waals surface area contributed by atoms with E-state index in [0.29, 0.717) is 18.5 Å². The highest BCUT2D eigenvalue weighted by Crippen LogP contribution is 2.45. The highest BCUT2D eigenvalue weighted by molar-refractivity contribution is 7.22. The molecule has 4 N–H and O–H groups in total. The molecule has 3 unspecified atom stereocenters. The van der Waals surface area contributed by atoms with Crippen LogP contribution in [0.5, 0.6) is 0 Å². The van der Waals surface area contributed by atoms with Gasteiger partial charge in [0.1, 0.15) is 15.5 Å². The summed E-state index contributed by atoms with van der Waals surface area (Å²) in [5.41, 5.74) is 3.36. The van der Waals surface area contributed by atoms with Gasteiger partial charge < -0.3 is 21.3 Å². The number of hydrogen-bond donors (Lipinski definition) is 4. The smallest absolute Gasteiger partial charge is 0.226 e. The third-order valence-electron chi connectivity index (χ3n) is 7.31. The number of thiophene rings is 1. The standard InChI is InChI=1S/C24H30N6OS2/c1-13-6-17-20(12-28-13)33-24(22(17)23-29-18-11-25-4-2-19(18)32-23)30-21(31)3-5-27-16-7-14-9-26-10-15(14)8-16/h2,4,11,13-16,26-28H,3,5-10,12H2,1H3,(H,30,31). The lowest BCUT2D eigenvalue weighted by Crippen LogP contribution is -2.32. The van der Waals surface area contributed by atoms with Gasteiger partial charge in [-0.05, 0) is 62.7 Å². The lowest BCUT2D eigenvalue weighted by molar-refractivity contribution is -0.116. The van der Waals surface area contributed by atoms with Gasteiger partial charge in [-0.3, -0.25) is 9.78 Å². The van der Waals surface area contributed by atoms with Gasteiger partial charge in [0.05, 0.1) is 10.9 Å². The van der Waals surface area contributed by atoms with Gasteiger partial charge in [-0.15, -0.1) is 22.7 Å². The summed E-state index contributed by atoms with van der Waals surface area (Å²) in [5, 5.41) is 15.8.